The van der Waals surface area contributed by atoms with Crippen LogP contribution in [0.4, 0.5) is 0 Å². The number of aromatic nitrogens is 3. The Balaban J connectivity index is 0.000000980. The van der Waals surface area contributed by atoms with E-state index >= 15 is 0 Å². The standard InChI is InChI=1S/C8H7N3O2.ClH/c12-8(13)3-6-1-2-7-10-9-5-11(7)4-6;/h1-2,4-5H,3H2,(H,12,13);1H. The summed E-state index contributed by atoms with van der Waals surface area (Å²) in [5.74, 6) is -0.840. The zero-order valence-electron chi connectivity index (χ0n) is 7.12. The summed E-state index contributed by atoms with van der Waals surface area (Å²) in [5, 5.41) is 16.0. The molecule has 0 aliphatic carbocycles. The third-order valence-electron chi connectivity index (χ3n) is 1.71. The number of pyridine rings is 1. The fourth-order valence-corrected chi connectivity index (χ4v) is 1.15. The number of aliphatic carboxylic acids is 1. The van der Waals surface area contributed by atoms with E-state index in [1.165, 1.54) is 0 Å². The lowest BCUT2D eigenvalue weighted by Crippen LogP contribution is -2.00. The Morgan fingerprint density at radius 3 is 3.00 bits per heavy atom. The topological polar surface area (TPSA) is 67.5 Å². The molecule has 2 aromatic heterocycles. The number of halogens is 1. The molecule has 0 bridgehead atoms. The van der Waals surface area contributed by atoms with E-state index in [0.717, 1.165) is 5.56 Å². The minimum absolute atomic E-state index is 0. The summed E-state index contributed by atoms with van der Waals surface area (Å²) in [6, 6.07) is 3.48. The number of rotatable bonds is 2. The highest BCUT2D eigenvalue weighted by atomic mass is 35.5. The van der Waals surface area contributed by atoms with Crippen LogP contribution in [0.2, 0.25) is 0 Å². The van der Waals surface area contributed by atoms with Crippen LogP contribution in [0.15, 0.2) is 24.7 Å². The highest BCUT2D eigenvalue weighted by Gasteiger charge is 2.01. The van der Waals surface area contributed by atoms with Crippen LogP contribution < -0.4 is 0 Å². The zero-order valence-corrected chi connectivity index (χ0v) is 7.94. The van der Waals surface area contributed by atoms with Gasteiger partial charge in [-0.05, 0) is 11.6 Å². The van der Waals surface area contributed by atoms with Gasteiger partial charge in [0.1, 0.15) is 6.33 Å². The van der Waals surface area contributed by atoms with Gasteiger partial charge in [-0.1, -0.05) is 6.07 Å². The van der Waals surface area contributed by atoms with Gasteiger partial charge in [0.25, 0.3) is 0 Å². The molecule has 0 radical (unpaired) electrons. The molecule has 0 spiro atoms. The van der Waals surface area contributed by atoms with Gasteiger partial charge in [0.05, 0.1) is 6.42 Å². The molecule has 0 aromatic carbocycles. The maximum Gasteiger partial charge on any atom is 0.307 e. The van der Waals surface area contributed by atoms with Crippen molar-refractivity contribution in [3.63, 3.8) is 0 Å². The number of hydrogen-bond acceptors (Lipinski definition) is 3. The van der Waals surface area contributed by atoms with Gasteiger partial charge in [-0.25, -0.2) is 0 Å². The fraction of sp³-hybridized carbons (Fsp3) is 0.125. The van der Waals surface area contributed by atoms with Crippen molar-refractivity contribution in [1.82, 2.24) is 14.6 Å². The molecule has 0 unspecified atom stereocenters. The maximum absolute atomic E-state index is 10.4. The van der Waals surface area contributed by atoms with Gasteiger partial charge in [0, 0.05) is 6.20 Å². The van der Waals surface area contributed by atoms with Crippen LogP contribution >= 0.6 is 12.4 Å². The van der Waals surface area contributed by atoms with Crippen LogP contribution in [-0.4, -0.2) is 25.7 Å². The summed E-state index contributed by atoms with van der Waals surface area (Å²) in [6.07, 6.45) is 3.28. The monoisotopic (exact) mass is 213 g/mol. The molecule has 0 saturated heterocycles. The molecule has 6 heteroatoms. The summed E-state index contributed by atoms with van der Waals surface area (Å²) in [6.45, 7) is 0. The predicted octanol–water partition coefficient (Wildman–Crippen LogP) is 0.778. The second-order valence-corrected chi connectivity index (χ2v) is 2.70. The smallest absolute Gasteiger partial charge is 0.307 e. The average molecular weight is 214 g/mol. The van der Waals surface area contributed by atoms with Gasteiger partial charge in [0.15, 0.2) is 5.65 Å². The predicted molar refractivity (Wildman–Crippen MR) is 51.6 cm³/mol. The van der Waals surface area contributed by atoms with Crippen LogP contribution in [-0.2, 0) is 11.2 Å². The Kier molecular flexibility index (Phi) is 3.03. The molecule has 0 saturated carbocycles. The number of nitrogens with zero attached hydrogens (tertiary/aromatic N) is 3. The molecule has 14 heavy (non-hydrogen) atoms. The largest absolute Gasteiger partial charge is 0.481 e. The molecule has 0 fully saturated rings. The summed E-state index contributed by atoms with van der Waals surface area (Å²) < 4.78 is 1.69. The first kappa shape index (κ1) is 10.5. The highest BCUT2D eigenvalue weighted by Crippen LogP contribution is 2.03. The quantitative estimate of drug-likeness (QED) is 0.801. The van der Waals surface area contributed by atoms with E-state index in [1.807, 2.05) is 0 Å². The van der Waals surface area contributed by atoms with Gasteiger partial charge in [-0.2, -0.15) is 0 Å². The number of carbonyl (C=O) groups is 1. The number of fused-ring (bicyclic) bond motifs is 1. The summed E-state index contributed by atoms with van der Waals surface area (Å²) in [4.78, 5) is 10.4. The van der Waals surface area contributed by atoms with Gasteiger partial charge in [-0.15, -0.1) is 22.6 Å². The Bertz CT molecular complexity index is 455. The fourth-order valence-electron chi connectivity index (χ4n) is 1.15. The lowest BCUT2D eigenvalue weighted by molar-refractivity contribution is -0.136. The SMILES string of the molecule is Cl.O=C(O)Cc1ccc2nncn2c1. The number of carboxylic acid groups (broad SMARTS) is 1. The molecule has 2 heterocycles. The van der Waals surface area contributed by atoms with Crippen molar-refractivity contribution in [3.8, 4) is 0 Å². The molecule has 2 rings (SSSR count). The van der Waals surface area contributed by atoms with Crippen molar-refractivity contribution < 1.29 is 9.90 Å². The molecule has 1 N–H and O–H groups in total. The molecule has 2 aromatic rings. The molecule has 0 aliphatic heterocycles. The van der Waals surface area contributed by atoms with Crippen molar-refractivity contribution in [2.24, 2.45) is 0 Å². The molecule has 0 amide bonds. The molecule has 74 valence electrons. The first-order valence-corrected chi connectivity index (χ1v) is 3.76. The Morgan fingerprint density at radius 1 is 1.50 bits per heavy atom. The van der Waals surface area contributed by atoms with Crippen molar-refractivity contribution in [2.45, 2.75) is 6.42 Å². The normalized spacial score (nSPS) is 9.71. The van der Waals surface area contributed by atoms with Crippen LogP contribution in [0.25, 0.3) is 5.65 Å². The second-order valence-electron chi connectivity index (χ2n) is 2.70. The van der Waals surface area contributed by atoms with Crippen LogP contribution in [0.5, 0.6) is 0 Å². The lowest BCUT2D eigenvalue weighted by Gasteiger charge is -1.96. The van der Waals surface area contributed by atoms with E-state index in [1.54, 1.807) is 29.1 Å². The first-order chi connectivity index (χ1) is 6.25. The third kappa shape index (κ3) is 2.00. The molecule has 0 atom stereocenters. The minimum Gasteiger partial charge on any atom is -0.481 e. The van der Waals surface area contributed by atoms with Crippen LogP contribution in [0.1, 0.15) is 5.56 Å². The van der Waals surface area contributed by atoms with Crippen molar-refractivity contribution in [3.05, 3.63) is 30.2 Å². The van der Waals surface area contributed by atoms with Crippen molar-refractivity contribution in [2.75, 3.05) is 0 Å². The molecular weight excluding hydrogens is 206 g/mol. The van der Waals surface area contributed by atoms with Gasteiger partial charge < -0.3 is 5.11 Å². The first-order valence-electron chi connectivity index (χ1n) is 3.76. The average Bonchev–Trinajstić information content (AvgIpc) is 2.49. The second kappa shape index (κ2) is 4.06. The van der Waals surface area contributed by atoms with E-state index < -0.39 is 5.97 Å². The Labute approximate surface area is 85.8 Å². The van der Waals surface area contributed by atoms with Gasteiger partial charge in [-0.3, -0.25) is 9.20 Å². The zero-order chi connectivity index (χ0) is 9.26. The molecule has 0 aliphatic rings. The van der Waals surface area contributed by atoms with Crippen molar-refractivity contribution in [1.29, 1.82) is 0 Å². The van der Waals surface area contributed by atoms with E-state index in [-0.39, 0.29) is 18.8 Å². The highest BCUT2D eigenvalue weighted by molar-refractivity contribution is 5.85. The van der Waals surface area contributed by atoms with Crippen LogP contribution in [0.3, 0.4) is 0 Å². The summed E-state index contributed by atoms with van der Waals surface area (Å²) >= 11 is 0. The number of hydrogen-bond donors (Lipinski definition) is 1. The Morgan fingerprint density at radius 2 is 2.29 bits per heavy atom. The summed E-state index contributed by atoms with van der Waals surface area (Å²) in [5.41, 5.74) is 1.45. The van der Waals surface area contributed by atoms with Gasteiger partial charge in [0.2, 0.25) is 0 Å². The molecule has 5 nitrogen and oxygen atoms in total. The van der Waals surface area contributed by atoms with Crippen LogP contribution in [0, 0.1) is 0 Å². The van der Waals surface area contributed by atoms with E-state index in [9.17, 15) is 4.79 Å². The Hall–Kier alpha value is -1.62. The van der Waals surface area contributed by atoms with E-state index in [4.69, 9.17) is 5.11 Å². The lowest BCUT2D eigenvalue weighted by atomic mass is 10.2. The maximum atomic E-state index is 10.4. The summed E-state index contributed by atoms with van der Waals surface area (Å²) in [7, 11) is 0. The number of carboxylic acids is 1. The third-order valence-corrected chi connectivity index (χ3v) is 1.71. The van der Waals surface area contributed by atoms with Gasteiger partial charge >= 0.3 is 5.97 Å². The molecular formula is C8H8ClN3O2. The van der Waals surface area contributed by atoms with E-state index in [2.05, 4.69) is 10.2 Å². The van der Waals surface area contributed by atoms with Crippen molar-refractivity contribution >= 4 is 24.0 Å². The van der Waals surface area contributed by atoms with E-state index in [0.29, 0.717) is 5.65 Å². The minimum atomic E-state index is -0.840.